The lowest BCUT2D eigenvalue weighted by Gasteiger charge is -2.23. The van der Waals surface area contributed by atoms with Gasteiger partial charge >= 0.3 is 11.9 Å². The molecule has 3 rings (SSSR count). The van der Waals surface area contributed by atoms with Crippen LogP contribution in [-0.4, -0.2) is 54.0 Å². The summed E-state index contributed by atoms with van der Waals surface area (Å²) in [6.45, 7) is 7.36. The van der Waals surface area contributed by atoms with E-state index in [1.807, 2.05) is 27.7 Å². The van der Waals surface area contributed by atoms with Gasteiger partial charge in [0, 0.05) is 11.1 Å². The SMILES string of the molecule is CC(C)[C@H]1COC(=O)c2cccc(n2)C(=O)OC[C@H](C(C)C)NC(=O)c2cccc(c2)C(=O)N1. The molecule has 0 aliphatic carbocycles. The highest BCUT2D eigenvalue weighted by Gasteiger charge is 2.24. The van der Waals surface area contributed by atoms with Crippen molar-refractivity contribution in [2.75, 3.05) is 13.2 Å². The van der Waals surface area contributed by atoms with Gasteiger partial charge in [-0.3, -0.25) is 9.59 Å². The number of cyclic esters (lactones) is 2. The van der Waals surface area contributed by atoms with Gasteiger partial charge in [0.1, 0.15) is 24.6 Å². The first-order valence-corrected chi connectivity index (χ1v) is 11.2. The predicted molar refractivity (Wildman–Crippen MR) is 123 cm³/mol. The largest absolute Gasteiger partial charge is 0.459 e. The van der Waals surface area contributed by atoms with Crippen molar-refractivity contribution in [3.8, 4) is 0 Å². The van der Waals surface area contributed by atoms with E-state index in [4.69, 9.17) is 9.47 Å². The summed E-state index contributed by atoms with van der Waals surface area (Å²) in [5.74, 6) is -2.31. The fourth-order valence-corrected chi connectivity index (χ4v) is 3.25. The first-order valence-electron chi connectivity index (χ1n) is 11.2. The second-order valence-corrected chi connectivity index (χ2v) is 8.83. The summed E-state index contributed by atoms with van der Waals surface area (Å²) >= 11 is 0. The molecule has 9 heteroatoms. The minimum absolute atomic E-state index is 0.0464. The fraction of sp³-hybridized carbons (Fsp3) is 0.400. The van der Waals surface area contributed by atoms with E-state index in [0.717, 1.165) is 0 Å². The molecule has 4 bridgehead atoms. The highest BCUT2D eigenvalue weighted by molar-refractivity contribution is 6.00. The molecule has 2 N–H and O–H groups in total. The summed E-state index contributed by atoms with van der Waals surface area (Å²) in [6, 6.07) is 9.73. The number of carbonyl (C=O) groups excluding carboxylic acids is 4. The second-order valence-electron chi connectivity index (χ2n) is 8.83. The summed E-state index contributed by atoms with van der Waals surface area (Å²) in [4.78, 5) is 54.9. The number of esters is 2. The van der Waals surface area contributed by atoms with Crippen molar-refractivity contribution in [3.63, 3.8) is 0 Å². The quantitative estimate of drug-likeness (QED) is 0.651. The van der Waals surface area contributed by atoms with Crippen LogP contribution in [0.4, 0.5) is 0 Å². The highest BCUT2D eigenvalue weighted by Crippen LogP contribution is 2.12. The highest BCUT2D eigenvalue weighted by atomic mass is 16.5. The molecule has 1 aromatic carbocycles. The third-order valence-corrected chi connectivity index (χ3v) is 5.58. The number of ether oxygens (including phenoxy) is 2. The van der Waals surface area contributed by atoms with Crippen molar-refractivity contribution in [3.05, 3.63) is 65.0 Å². The third kappa shape index (κ3) is 6.18. The van der Waals surface area contributed by atoms with E-state index in [0.29, 0.717) is 11.1 Å². The number of benzene rings is 1. The van der Waals surface area contributed by atoms with Crippen LogP contribution in [0.1, 0.15) is 69.4 Å². The standard InChI is InChI=1S/C25H29N3O6/c1-14(2)20-12-33-24(31)18-9-6-10-19(26-18)25(32)34-13-21(15(3)4)28-23(30)17-8-5-7-16(11-17)22(29)27-20/h5-11,14-15,20-21H,12-13H2,1-4H3,(H,27,29)(H,28,30)/t20-,21-/m1/s1. The summed E-state index contributed by atoms with van der Waals surface area (Å²) < 4.78 is 10.7. The van der Waals surface area contributed by atoms with Crippen LogP contribution in [0.5, 0.6) is 0 Å². The Hall–Kier alpha value is -3.75. The number of amides is 2. The van der Waals surface area contributed by atoms with Crippen LogP contribution in [0.2, 0.25) is 0 Å². The summed E-state index contributed by atoms with van der Waals surface area (Å²) in [7, 11) is 0. The number of rotatable bonds is 2. The Morgan fingerprint density at radius 1 is 0.735 bits per heavy atom. The van der Waals surface area contributed by atoms with E-state index in [2.05, 4.69) is 15.6 Å². The lowest BCUT2D eigenvalue weighted by Crippen LogP contribution is -2.43. The van der Waals surface area contributed by atoms with Gasteiger partial charge in [-0.15, -0.1) is 0 Å². The van der Waals surface area contributed by atoms with E-state index < -0.39 is 24.0 Å². The Labute approximate surface area is 198 Å². The van der Waals surface area contributed by atoms with Crippen LogP contribution in [0.15, 0.2) is 42.5 Å². The lowest BCUT2D eigenvalue weighted by molar-refractivity contribution is 0.0413. The Balaban J connectivity index is 1.95. The molecule has 2 heterocycles. The topological polar surface area (TPSA) is 124 Å². The van der Waals surface area contributed by atoms with Crippen molar-refractivity contribution < 1.29 is 28.7 Å². The van der Waals surface area contributed by atoms with Crippen molar-refractivity contribution in [1.29, 1.82) is 0 Å². The van der Waals surface area contributed by atoms with Gasteiger partial charge in [-0.1, -0.05) is 39.8 Å². The minimum Gasteiger partial charge on any atom is -0.459 e. The zero-order chi connectivity index (χ0) is 24.8. The average molecular weight is 468 g/mol. The van der Waals surface area contributed by atoms with Crippen LogP contribution in [0.3, 0.4) is 0 Å². The van der Waals surface area contributed by atoms with Gasteiger partial charge < -0.3 is 20.1 Å². The molecule has 1 aromatic heterocycles. The average Bonchev–Trinajstić information content (AvgIpc) is 2.82. The number of nitrogens with one attached hydrogen (secondary N) is 2. The van der Waals surface area contributed by atoms with Crippen LogP contribution in [0, 0.1) is 11.8 Å². The van der Waals surface area contributed by atoms with Crippen LogP contribution in [0.25, 0.3) is 0 Å². The maximum Gasteiger partial charge on any atom is 0.357 e. The molecule has 2 atom stereocenters. The van der Waals surface area contributed by atoms with Gasteiger partial charge in [0.05, 0.1) is 12.1 Å². The Morgan fingerprint density at radius 2 is 1.15 bits per heavy atom. The molecule has 2 aromatic rings. The van der Waals surface area contributed by atoms with Crippen molar-refractivity contribution >= 4 is 23.8 Å². The first-order chi connectivity index (χ1) is 16.2. The molecular weight excluding hydrogens is 438 g/mol. The fourth-order valence-electron chi connectivity index (χ4n) is 3.25. The number of pyridine rings is 1. The van der Waals surface area contributed by atoms with Crippen LogP contribution >= 0.6 is 0 Å². The monoisotopic (exact) mass is 467 g/mol. The summed E-state index contributed by atoms with van der Waals surface area (Å²) in [6.07, 6.45) is 0. The number of aromatic nitrogens is 1. The molecular formula is C25H29N3O6. The maximum atomic E-state index is 12.9. The summed E-state index contributed by atoms with van der Waals surface area (Å²) in [5.41, 5.74) is 0.497. The van der Waals surface area contributed by atoms with Gasteiger partial charge in [-0.05, 0) is 42.2 Å². The van der Waals surface area contributed by atoms with Gasteiger partial charge in [0.2, 0.25) is 0 Å². The summed E-state index contributed by atoms with van der Waals surface area (Å²) in [5, 5.41) is 5.73. The third-order valence-electron chi connectivity index (χ3n) is 5.58. The van der Waals surface area contributed by atoms with E-state index in [1.54, 1.807) is 18.2 Å². The van der Waals surface area contributed by atoms with Crippen LogP contribution < -0.4 is 10.6 Å². The molecule has 180 valence electrons. The van der Waals surface area contributed by atoms with Crippen molar-refractivity contribution in [1.82, 2.24) is 15.6 Å². The maximum absolute atomic E-state index is 12.9. The zero-order valence-electron chi connectivity index (χ0n) is 19.7. The molecule has 34 heavy (non-hydrogen) atoms. The Morgan fingerprint density at radius 3 is 1.56 bits per heavy atom. The molecule has 0 saturated heterocycles. The van der Waals surface area contributed by atoms with Gasteiger partial charge in [0.25, 0.3) is 11.8 Å². The molecule has 2 amide bonds. The zero-order valence-corrected chi connectivity index (χ0v) is 19.7. The van der Waals surface area contributed by atoms with Crippen molar-refractivity contribution in [2.45, 2.75) is 39.8 Å². The Bertz CT molecular complexity index is 1010. The minimum atomic E-state index is -0.718. The molecule has 0 radical (unpaired) electrons. The number of carbonyl (C=O) groups is 4. The normalized spacial score (nSPS) is 20.1. The van der Waals surface area contributed by atoms with Gasteiger partial charge in [-0.2, -0.15) is 0 Å². The smallest absolute Gasteiger partial charge is 0.357 e. The second kappa shape index (κ2) is 10.9. The number of hydrogen-bond donors (Lipinski definition) is 2. The molecule has 1 aliphatic heterocycles. The van der Waals surface area contributed by atoms with E-state index in [9.17, 15) is 19.2 Å². The van der Waals surface area contributed by atoms with Gasteiger partial charge in [-0.25, -0.2) is 14.6 Å². The molecule has 1 aliphatic rings. The molecule has 0 spiro atoms. The first kappa shape index (κ1) is 24.9. The molecule has 0 saturated carbocycles. The number of fused-ring (bicyclic) bond motifs is 4. The van der Waals surface area contributed by atoms with Crippen LogP contribution in [-0.2, 0) is 9.47 Å². The lowest BCUT2D eigenvalue weighted by atomic mass is 10.0. The Kier molecular flexibility index (Phi) is 7.99. The van der Waals surface area contributed by atoms with E-state index in [1.165, 1.54) is 24.3 Å². The molecule has 0 unspecified atom stereocenters. The number of nitrogens with zero attached hydrogens (tertiary/aromatic N) is 1. The van der Waals surface area contributed by atoms with E-state index in [-0.39, 0.29) is 48.3 Å². The number of hydrogen-bond acceptors (Lipinski definition) is 7. The van der Waals surface area contributed by atoms with Crippen molar-refractivity contribution in [2.24, 2.45) is 11.8 Å². The van der Waals surface area contributed by atoms with Gasteiger partial charge in [0.15, 0.2) is 0 Å². The van der Waals surface area contributed by atoms with E-state index >= 15 is 0 Å². The molecule has 0 fully saturated rings. The predicted octanol–water partition coefficient (Wildman–Crippen LogP) is 2.62. The molecule has 9 nitrogen and oxygen atoms in total.